The largest absolute Gasteiger partial charge is 0.468 e. The summed E-state index contributed by atoms with van der Waals surface area (Å²) in [4.78, 5) is 0. The number of hydrogen-bond acceptors (Lipinski definition) is 2. The van der Waals surface area contributed by atoms with Crippen molar-refractivity contribution in [1.82, 2.24) is 5.32 Å². The van der Waals surface area contributed by atoms with Crippen molar-refractivity contribution in [3.8, 4) is 0 Å². The lowest BCUT2D eigenvalue weighted by molar-refractivity contribution is 0.420. The number of furan rings is 1. The first-order valence-corrected chi connectivity index (χ1v) is 5.47. The van der Waals surface area contributed by atoms with Gasteiger partial charge in [-0.05, 0) is 44.4 Å². The van der Waals surface area contributed by atoms with Crippen LogP contribution in [0.1, 0.15) is 45.4 Å². The molecule has 0 aliphatic carbocycles. The number of hydrogen-bond donors (Lipinski definition) is 1. The summed E-state index contributed by atoms with van der Waals surface area (Å²) in [5.41, 5.74) is 0. The molecule has 0 fully saturated rings. The lowest BCUT2D eigenvalue weighted by atomic mass is 10.1. The summed E-state index contributed by atoms with van der Waals surface area (Å²) in [6, 6.07) is 4.28. The van der Waals surface area contributed by atoms with E-state index >= 15 is 0 Å². The van der Waals surface area contributed by atoms with Crippen LogP contribution in [0.4, 0.5) is 0 Å². The van der Waals surface area contributed by atoms with Crippen molar-refractivity contribution in [3.05, 3.63) is 24.2 Å². The van der Waals surface area contributed by atoms with E-state index < -0.39 is 0 Å². The van der Waals surface area contributed by atoms with Gasteiger partial charge in [-0.3, -0.25) is 0 Å². The van der Waals surface area contributed by atoms with Gasteiger partial charge in [-0.25, -0.2) is 0 Å². The minimum Gasteiger partial charge on any atom is -0.468 e. The molecule has 2 heteroatoms. The van der Waals surface area contributed by atoms with Crippen LogP contribution in [0.15, 0.2) is 22.8 Å². The first-order chi connectivity index (χ1) is 6.70. The molecule has 1 atom stereocenters. The molecule has 80 valence electrons. The van der Waals surface area contributed by atoms with Gasteiger partial charge in [-0.15, -0.1) is 0 Å². The van der Waals surface area contributed by atoms with E-state index in [0.717, 1.165) is 18.2 Å². The second-order valence-corrected chi connectivity index (χ2v) is 4.23. The van der Waals surface area contributed by atoms with Crippen molar-refractivity contribution >= 4 is 0 Å². The van der Waals surface area contributed by atoms with Crippen LogP contribution in [0.25, 0.3) is 0 Å². The summed E-state index contributed by atoms with van der Waals surface area (Å²) >= 11 is 0. The lowest BCUT2D eigenvalue weighted by Crippen LogP contribution is -2.19. The molecule has 1 aromatic rings. The number of rotatable bonds is 6. The van der Waals surface area contributed by atoms with Gasteiger partial charge in [0, 0.05) is 0 Å². The van der Waals surface area contributed by atoms with E-state index in [4.69, 9.17) is 4.42 Å². The average molecular weight is 195 g/mol. The van der Waals surface area contributed by atoms with Gasteiger partial charge in [0.05, 0.1) is 12.3 Å². The minimum atomic E-state index is 0.331. The van der Waals surface area contributed by atoms with Crippen molar-refractivity contribution in [2.75, 3.05) is 6.54 Å². The smallest absolute Gasteiger partial charge is 0.120 e. The predicted octanol–water partition coefficient (Wildman–Crippen LogP) is 3.37. The van der Waals surface area contributed by atoms with Crippen molar-refractivity contribution in [1.29, 1.82) is 0 Å². The SMILES string of the molecule is CC(C)CCCN[C@H](C)c1ccco1. The highest BCUT2D eigenvalue weighted by molar-refractivity contribution is 5.02. The van der Waals surface area contributed by atoms with E-state index in [9.17, 15) is 0 Å². The quantitative estimate of drug-likeness (QED) is 0.704. The molecule has 1 heterocycles. The normalized spacial score (nSPS) is 13.4. The highest BCUT2D eigenvalue weighted by atomic mass is 16.3. The van der Waals surface area contributed by atoms with Gasteiger partial charge in [0.15, 0.2) is 0 Å². The summed E-state index contributed by atoms with van der Waals surface area (Å²) in [5.74, 6) is 1.82. The molecule has 0 radical (unpaired) electrons. The van der Waals surface area contributed by atoms with Crippen LogP contribution >= 0.6 is 0 Å². The Bertz CT molecular complexity index is 228. The van der Waals surface area contributed by atoms with Gasteiger partial charge in [0.2, 0.25) is 0 Å². The Morgan fingerprint density at radius 1 is 1.36 bits per heavy atom. The molecule has 2 nitrogen and oxygen atoms in total. The van der Waals surface area contributed by atoms with Crippen LogP contribution in [-0.4, -0.2) is 6.54 Å². The zero-order valence-electron chi connectivity index (χ0n) is 9.42. The first-order valence-electron chi connectivity index (χ1n) is 5.47. The van der Waals surface area contributed by atoms with Gasteiger partial charge in [-0.2, -0.15) is 0 Å². The molecule has 0 aromatic carbocycles. The monoisotopic (exact) mass is 195 g/mol. The van der Waals surface area contributed by atoms with Crippen molar-refractivity contribution in [2.24, 2.45) is 5.92 Å². The fraction of sp³-hybridized carbons (Fsp3) is 0.667. The molecule has 0 saturated carbocycles. The summed E-state index contributed by atoms with van der Waals surface area (Å²) in [6.07, 6.45) is 4.25. The second kappa shape index (κ2) is 5.86. The topological polar surface area (TPSA) is 25.2 Å². The standard InChI is InChI=1S/C12H21NO/c1-10(2)6-4-8-13-11(3)12-7-5-9-14-12/h5,7,9-11,13H,4,6,8H2,1-3H3/t11-/m1/s1. The van der Waals surface area contributed by atoms with Gasteiger partial charge >= 0.3 is 0 Å². The summed E-state index contributed by atoms with van der Waals surface area (Å²) in [7, 11) is 0. The first kappa shape index (κ1) is 11.3. The zero-order valence-corrected chi connectivity index (χ0v) is 9.42. The van der Waals surface area contributed by atoms with Gasteiger partial charge in [0.25, 0.3) is 0 Å². The molecule has 0 saturated heterocycles. The molecule has 1 aromatic heterocycles. The molecule has 0 aliphatic heterocycles. The van der Waals surface area contributed by atoms with Crippen molar-refractivity contribution in [3.63, 3.8) is 0 Å². The Balaban J connectivity index is 2.13. The molecule has 0 unspecified atom stereocenters. The second-order valence-electron chi connectivity index (χ2n) is 4.23. The summed E-state index contributed by atoms with van der Waals surface area (Å²) in [5, 5.41) is 3.45. The fourth-order valence-electron chi connectivity index (χ4n) is 1.47. The molecule has 0 spiro atoms. The Morgan fingerprint density at radius 3 is 2.71 bits per heavy atom. The average Bonchev–Trinajstić information content (AvgIpc) is 2.64. The molecular formula is C12H21NO. The fourth-order valence-corrected chi connectivity index (χ4v) is 1.47. The highest BCUT2D eigenvalue weighted by Crippen LogP contribution is 2.12. The lowest BCUT2D eigenvalue weighted by Gasteiger charge is -2.11. The third-order valence-electron chi connectivity index (χ3n) is 2.38. The minimum absolute atomic E-state index is 0.331. The third kappa shape index (κ3) is 3.97. The molecule has 0 bridgehead atoms. The van der Waals surface area contributed by atoms with Crippen molar-refractivity contribution in [2.45, 2.75) is 39.7 Å². The molecule has 14 heavy (non-hydrogen) atoms. The maximum absolute atomic E-state index is 5.31. The summed E-state index contributed by atoms with van der Waals surface area (Å²) in [6.45, 7) is 7.72. The van der Waals surface area contributed by atoms with E-state index in [0.29, 0.717) is 6.04 Å². The third-order valence-corrected chi connectivity index (χ3v) is 2.38. The Hall–Kier alpha value is -0.760. The van der Waals surface area contributed by atoms with Gasteiger partial charge in [0.1, 0.15) is 5.76 Å². The molecule has 1 rings (SSSR count). The van der Waals surface area contributed by atoms with E-state index in [2.05, 4.69) is 26.1 Å². The Labute approximate surface area is 86.7 Å². The van der Waals surface area contributed by atoms with E-state index in [1.807, 2.05) is 12.1 Å². The van der Waals surface area contributed by atoms with Crippen LogP contribution in [0.3, 0.4) is 0 Å². The highest BCUT2D eigenvalue weighted by Gasteiger charge is 2.06. The Kier molecular flexibility index (Phi) is 4.74. The molecule has 1 N–H and O–H groups in total. The Morgan fingerprint density at radius 2 is 2.14 bits per heavy atom. The van der Waals surface area contributed by atoms with Crippen molar-refractivity contribution < 1.29 is 4.42 Å². The molecule has 0 amide bonds. The maximum atomic E-state index is 5.31. The van der Waals surface area contributed by atoms with Gasteiger partial charge in [-0.1, -0.05) is 13.8 Å². The van der Waals surface area contributed by atoms with E-state index in [-0.39, 0.29) is 0 Å². The van der Waals surface area contributed by atoms with Crippen LogP contribution < -0.4 is 5.32 Å². The predicted molar refractivity (Wildman–Crippen MR) is 59.2 cm³/mol. The molecular weight excluding hydrogens is 174 g/mol. The maximum Gasteiger partial charge on any atom is 0.120 e. The number of nitrogens with one attached hydrogen (secondary N) is 1. The van der Waals surface area contributed by atoms with Crippen LogP contribution in [-0.2, 0) is 0 Å². The van der Waals surface area contributed by atoms with Crippen LogP contribution in [0.5, 0.6) is 0 Å². The van der Waals surface area contributed by atoms with Crippen LogP contribution in [0, 0.1) is 5.92 Å². The summed E-state index contributed by atoms with van der Waals surface area (Å²) < 4.78 is 5.31. The van der Waals surface area contributed by atoms with E-state index in [1.54, 1.807) is 6.26 Å². The molecule has 0 aliphatic rings. The van der Waals surface area contributed by atoms with Crippen LogP contribution in [0.2, 0.25) is 0 Å². The van der Waals surface area contributed by atoms with Gasteiger partial charge < -0.3 is 9.73 Å². The van der Waals surface area contributed by atoms with E-state index in [1.165, 1.54) is 12.8 Å². The zero-order chi connectivity index (χ0) is 10.4.